The highest BCUT2D eigenvalue weighted by molar-refractivity contribution is 5.70. The standard InChI is InChI=1S/C7H6F8O2/c8-3(9)2(4(16)17)1-6(11,12)5(10)7(13,14)15/h2-3,5H,1H2,(H,16,17). The molecule has 0 bridgehead atoms. The summed E-state index contributed by atoms with van der Waals surface area (Å²) in [6.45, 7) is 0. The Hall–Kier alpha value is -1.09. The molecule has 1 N–H and O–H groups in total. The number of halogens is 8. The zero-order valence-electron chi connectivity index (χ0n) is 7.82. The highest BCUT2D eigenvalue weighted by Crippen LogP contribution is 2.39. The lowest BCUT2D eigenvalue weighted by molar-refractivity contribution is -0.250. The van der Waals surface area contributed by atoms with Crippen LogP contribution in [0, 0.1) is 5.92 Å². The van der Waals surface area contributed by atoms with Gasteiger partial charge in [-0.1, -0.05) is 0 Å². The second-order valence-electron chi connectivity index (χ2n) is 3.15. The Kier molecular flexibility index (Phi) is 4.72. The van der Waals surface area contributed by atoms with Crippen molar-refractivity contribution in [2.75, 3.05) is 0 Å². The Balaban J connectivity index is 4.90. The topological polar surface area (TPSA) is 37.3 Å². The largest absolute Gasteiger partial charge is 0.481 e. The number of carboxylic acid groups (broad SMARTS) is 1. The van der Waals surface area contributed by atoms with E-state index in [4.69, 9.17) is 5.11 Å². The van der Waals surface area contributed by atoms with E-state index in [2.05, 4.69) is 0 Å². The van der Waals surface area contributed by atoms with Crippen molar-refractivity contribution >= 4 is 5.97 Å². The van der Waals surface area contributed by atoms with Crippen molar-refractivity contribution in [1.82, 2.24) is 0 Å². The molecule has 0 aromatic rings. The molecular weight excluding hydrogens is 268 g/mol. The van der Waals surface area contributed by atoms with Gasteiger partial charge in [-0.3, -0.25) is 4.79 Å². The summed E-state index contributed by atoms with van der Waals surface area (Å²) in [5, 5.41) is 8.07. The van der Waals surface area contributed by atoms with Crippen LogP contribution in [0.4, 0.5) is 35.1 Å². The number of carboxylic acids is 1. The minimum absolute atomic E-state index is 2.42. The van der Waals surface area contributed by atoms with E-state index in [1.54, 1.807) is 0 Å². The number of alkyl halides is 8. The van der Waals surface area contributed by atoms with Gasteiger partial charge in [-0.25, -0.2) is 22.0 Å². The molecule has 0 heterocycles. The summed E-state index contributed by atoms with van der Waals surface area (Å²) in [7, 11) is 0. The van der Waals surface area contributed by atoms with Crippen LogP contribution in [0.5, 0.6) is 0 Å². The van der Waals surface area contributed by atoms with E-state index < -0.39 is 43.0 Å². The molecule has 2 atom stereocenters. The molecule has 10 heteroatoms. The Morgan fingerprint density at radius 2 is 1.47 bits per heavy atom. The fourth-order valence-electron chi connectivity index (χ4n) is 0.920. The van der Waals surface area contributed by atoms with E-state index in [0.29, 0.717) is 0 Å². The van der Waals surface area contributed by atoms with Crippen LogP contribution >= 0.6 is 0 Å². The number of hydrogen-bond donors (Lipinski definition) is 1. The average molecular weight is 274 g/mol. The fraction of sp³-hybridized carbons (Fsp3) is 0.857. The molecule has 0 aromatic heterocycles. The Morgan fingerprint density at radius 1 is 1.06 bits per heavy atom. The summed E-state index contributed by atoms with van der Waals surface area (Å²) >= 11 is 0. The predicted molar refractivity (Wildman–Crippen MR) is 37.6 cm³/mol. The molecule has 0 spiro atoms. The number of carbonyl (C=O) groups is 1. The molecule has 0 aromatic carbocycles. The summed E-state index contributed by atoms with van der Waals surface area (Å²) in [6, 6.07) is 0. The molecular formula is C7H6F8O2. The van der Waals surface area contributed by atoms with E-state index in [1.807, 2.05) is 0 Å². The van der Waals surface area contributed by atoms with Gasteiger partial charge in [0.25, 0.3) is 18.5 Å². The van der Waals surface area contributed by atoms with Crippen molar-refractivity contribution in [3.63, 3.8) is 0 Å². The lowest BCUT2D eigenvalue weighted by Gasteiger charge is -2.24. The van der Waals surface area contributed by atoms with Crippen LogP contribution in [0.15, 0.2) is 0 Å². The Morgan fingerprint density at radius 3 is 1.71 bits per heavy atom. The smallest absolute Gasteiger partial charge is 0.425 e. The summed E-state index contributed by atoms with van der Waals surface area (Å²) < 4.78 is 96.1. The molecule has 0 saturated carbocycles. The molecule has 17 heavy (non-hydrogen) atoms. The average Bonchev–Trinajstić information content (AvgIpc) is 2.10. The SMILES string of the molecule is O=C(O)C(CC(F)(F)C(F)C(F)(F)F)C(F)F. The quantitative estimate of drug-likeness (QED) is 0.783. The lowest BCUT2D eigenvalue weighted by Crippen LogP contribution is -2.44. The second kappa shape index (κ2) is 5.05. The van der Waals surface area contributed by atoms with Crippen molar-refractivity contribution in [3.05, 3.63) is 0 Å². The first-order valence-corrected chi connectivity index (χ1v) is 3.99. The molecule has 0 amide bonds. The minimum Gasteiger partial charge on any atom is -0.481 e. The maximum Gasteiger partial charge on any atom is 0.425 e. The third kappa shape index (κ3) is 4.35. The van der Waals surface area contributed by atoms with Crippen molar-refractivity contribution in [1.29, 1.82) is 0 Å². The first-order valence-electron chi connectivity index (χ1n) is 3.99. The van der Waals surface area contributed by atoms with Gasteiger partial charge in [0.05, 0.1) is 0 Å². The van der Waals surface area contributed by atoms with Gasteiger partial charge in [-0.05, 0) is 0 Å². The minimum atomic E-state index is -5.95. The van der Waals surface area contributed by atoms with Crippen LogP contribution < -0.4 is 0 Å². The molecule has 0 rings (SSSR count). The monoisotopic (exact) mass is 274 g/mol. The second-order valence-corrected chi connectivity index (χ2v) is 3.15. The molecule has 0 aliphatic rings. The molecule has 0 saturated heterocycles. The van der Waals surface area contributed by atoms with Gasteiger partial charge in [0.15, 0.2) is 0 Å². The van der Waals surface area contributed by atoms with Gasteiger partial charge in [-0.2, -0.15) is 13.2 Å². The highest BCUT2D eigenvalue weighted by Gasteiger charge is 2.58. The summed E-state index contributed by atoms with van der Waals surface area (Å²) in [5.74, 6) is -10.7. The maximum atomic E-state index is 12.6. The fourth-order valence-corrected chi connectivity index (χ4v) is 0.920. The van der Waals surface area contributed by atoms with Crippen molar-refractivity contribution in [3.8, 4) is 0 Å². The van der Waals surface area contributed by atoms with E-state index in [-0.39, 0.29) is 0 Å². The van der Waals surface area contributed by atoms with Crippen LogP contribution in [-0.2, 0) is 4.79 Å². The maximum absolute atomic E-state index is 12.6. The molecule has 0 radical (unpaired) electrons. The van der Waals surface area contributed by atoms with Crippen LogP contribution in [-0.4, -0.2) is 35.8 Å². The first kappa shape index (κ1) is 15.9. The Labute approximate surface area is 89.2 Å². The van der Waals surface area contributed by atoms with Gasteiger partial charge in [-0.15, -0.1) is 0 Å². The summed E-state index contributed by atoms with van der Waals surface area (Å²) in [4.78, 5) is 10.1. The summed E-state index contributed by atoms with van der Waals surface area (Å²) in [6.07, 6.45) is -16.9. The molecule has 0 fully saturated rings. The van der Waals surface area contributed by atoms with E-state index in [0.717, 1.165) is 0 Å². The van der Waals surface area contributed by atoms with E-state index in [9.17, 15) is 39.9 Å². The van der Waals surface area contributed by atoms with Crippen molar-refractivity contribution < 1.29 is 45.0 Å². The van der Waals surface area contributed by atoms with Crippen molar-refractivity contribution in [2.24, 2.45) is 5.92 Å². The van der Waals surface area contributed by atoms with Crippen LogP contribution in [0.25, 0.3) is 0 Å². The van der Waals surface area contributed by atoms with E-state index >= 15 is 0 Å². The van der Waals surface area contributed by atoms with Gasteiger partial charge in [0, 0.05) is 6.42 Å². The molecule has 0 aliphatic heterocycles. The molecule has 0 aliphatic carbocycles. The van der Waals surface area contributed by atoms with E-state index in [1.165, 1.54) is 0 Å². The van der Waals surface area contributed by atoms with Crippen molar-refractivity contribution in [2.45, 2.75) is 31.1 Å². The molecule has 2 nitrogen and oxygen atoms in total. The van der Waals surface area contributed by atoms with Gasteiger partial charge in [0.1, 0.15) is 5.92 Å². The molecule has 102 valence electrons. The summed E-state index contributed by atoms with van der Waals surface area (Å²) in [5.41, 5.74) is 0. The third-order valence-corrected chi connectivity index (χ3v) is 1.77. The first-order chi connectivity index (χ1) is 7.39. The molecule has 2 unspecified atom stereocenters. The van der Waals surface area contributed by atoms with Crippen LogP contribution in [0.3, 0.4) is 0 Å². The zero-order chi connectivity index (χ0) is 14.0. The number of hydrogen-bond acceptors (Lipinski definition) is 1. The van der Waals surface area contributed by atoms with Crippen LogP contribution in [0.1, 0.15) is 6.42 Å². The predicted octanol–water partition coefficient (Wildman–Crippen LogP) is 2.88. The highest BCUT2D eigenvalue weighted by atomic mass is 19.4. The zero-order valence-corrected chi connectivity index (χ0v) is 7.82. The van der Waals surface area contributed by atoms with Gasteiger partial charge in [0.2, 0.25) is 0 Å². The number of aliphatic carboxylic acids is 1. The normalized spacial score (nSPS) is 17.0. The van der Waals surface area contributed by atoms with Gasteiger partial charge >= 0.3 is 12.1 Å². The number of rotatable bonds is 5. The lowest BCUT2D eigenvalue weighted by atomic mass is 9.98. The van der Waals surface area contributed by atoms with Crippen LogP contribution in [0.2, 0.25) is 0 Å². The third-order valence-electron chi connectivity index (χ3n) is 1.77. The Bertz CT molecular complexity index is 274. The van der Waals surface area contributed by atoms with Gasteiger partial charge < -0.3 is 5.11 Å².